The molecule has 3 aliphatic rings. The van der Waals surface area contributed by atoms with Crippen molar-refractivity contribution in [3.8, 4) is 0 Å². The number of nitrogens with one attached hydrogen (secondary N) is 1. The van der Waals surface area contributed by atoms with Crippen LogP contribution in [-0.2, 0) is 16.6 Å². The molecule has 3 fully saturated rings. The maximum absolute atomic E-state index is 13.2. The fourth-order valence-electron chi connectivity index (χ4n) is 4.60. The normalized spacial score (nSPS) is 27.0. The van der Waals surface area contributed by atoms with Crippen LogP contribution in [0.15, 0.2) is 12.4 Å². The number of halogens is 1. The molecule has 1 saturated carbocycles. The zero-order valence-corrected chi connectivity index (χ0v) is 16.1. The SMILES string of the molecule is Cl.Cn1ccnc1C1CNCCN1C(=O)C1CC(=O)N(C2CCCC2)C1. The van der Waals surface area contributed by atoms with Crippen molar-refractivity contribution in [2.75, 3.05) is 26.2 Å². The van der Waals surface area contributed by atoms with Crippen molar-refractivity contribution in [2.24, 2.45) is 13.0 Å². The van der Waals surface area contributed by atoms with E-state index in [0.29, 0.717) is 32.1 Å². The van der Waals surface area contributed by atoms with E-state index in [-0.39, 0.29) is 36.2 Å². The van der Waals surface area contributed by atoms with Gasteiger partial charge in [0.05, 0.1) is 5.92 Å². The number of hydrogen-bond donors (Lipinski definition) is 1. The summed E-state index contributed by atoms with van der Waals surface area (Å²) in [6, 6.07) is 0.301. The minimum atomic E-state index is -0.200. The number of piperazine rings is 1. The molecule has 2 atom stereocenters. The van der Waals surface area contributed by atoms with Crippen LogP contribution >= 0.6 is 12.4 Å². The first-order valence-electron chi connectivity index (χ1n) is 9.43. The van der Waals surface area contributed by atoms with Crippen molar-refractivity contribution < 1.29 is 9.59 Å². The fraction of sp³-hybridized carbons (Fsp3) is 0.722. The number of likely N-dealkylation sites (tertiary alicyclic amines) is 1. The van der Waals surface area contributed by atoms with Gasteiger partial charge < -0.3 is 19.7 Å². The van der Waals surface area contributed by atoms with E-state index in [0.717, 1.165) is 25.2 Å². The highest BCUT2D eigenvalue weighted by molar-refractivity contribution is 5.89. The molecule has 0 radical (unpaired) electrons. The van der Waals surface area contributed by atoms with Crippen molar-refractivity contribution in [1.29, 1.82) is 0 Å². The zero-order valence-electron chi connectivity index (χ0n) is 15.3. The van der Waals surface area contributed by atoms with Gasteiger partial charge in [-0.2, -0.15) is 0 Å². The molecule has 144 valence electrons. The molecule has 2 unspecified atom stereocenters. The molecule has 8 heteroatoms. The Labute approximate surface area is 160 Å². The van der Waals surface area contributed by atoms with Gasteiger partial charge in [0.25, 0.3) is 0 Å². The van der Waals surface area contributed by atoms with Gasteiger partial charge in [0, 0.05) is 58.1 Å². The number of aryl methyl sites for hydroxylation is 1. The Morgan fingerprint density at radius 3 is 2.77 bits per heavy atom. The van der Waals surface area contributed by atoms with Crippen LogP contribution in [-0.4, -0.2) is 63.4 Å². The van der Waals surface area contributed by atoms with Crippen LogP contribution in [0.2, 0.25) is 0 Å². The average molecular weight is 382 g/mol. The third-order valence-corrected chi connectivity index (χ3v) is 5.96. The summed E-state index contributed by atoms with van der Waals surface area (Å²) in [6.45, 7) is 2.77. The van der Waals surface area contributed by atoms with E-state index in [1.54, 1.807) is 6.20 Å². The molecule has 0 aromatic carbocycles. The van der Waals surface area contributed by atoms with Crippen LogP contribution in [0, 0.1) is 5.92 Å². The van der Waals surface area contributed by atoms with Gasteiger partial charge in [0.1, 0.15) is 11.9 Å². The number of carbonyl (C=O) groups is 2. The van der Waals surface area contributed by atoms with Crippen molar-refractivity contribution in [1.82, 2.24) is 24.7 Å². The van der Waals surface area contributed by atoms with Crippen LogP contribution in [0.25, 0.3) is 0 Å². The van der Waals surface area contributed by atoms with Crippen LogP contribution in [0.4, 0.5) is 0 Å². The minimum Gasteiger partial charge on any atom is -0.339 e. The summed E-state index contributed by atoms with van der Waals surface area (Å²) in [5.74, 6) is 0.976. The number of nitrogens with zero attached hydrogens (tertiary/aromatic N) is 4. The van der Waals surface area contributed by atoms with Crippen molar-refractivity contribution >= 4 is 24.2 Å². The molecule has 0 spiro atoms. The lowest BCUT2D eigenvalue weighted by Gasteiger charge is -2.37. The maximum atomic E-state index is 13.2. The highest BCUT2D eigenvalue weighted by Crippen LogP contribution is 2.32. The Balaban J connectivity index is 0.00000196. The largest absolute Gasteiger partial charge is 0.339 e. The van der Waals surface area contributed by atoms with Gasteiger partial charge >= 0.3 is 0 Å². The lowest BCUT2D eigenvalue weighted by atomic mass is 10.0. The van der Waals surface area contributed by atoms with Gasteiger partial charge in [-0.15, -0.1) is 12.4 Å². The Morgan fingerprint density at radius 1 is 1.31 bits per heavy atom. The summed E-state index contributed by atoms with van der Waals surface area (Å²) in [5, 5.41) is 3.36. The second kappa shape index (κ2) is 7.96. The van der Waals surface area contributed by atoms with E-state index in [1.165, 1.54) is 12.8 Å². The maximum Gasteiger partial charge on any atom is 0.228 e. The van der Waals surface area contributed by atoms with Gasteiger partial charge in [0.15, 0.2) is 0 Å². The summed E-state index contributed by atoms with van der Waals surface area (Å²) in [7, 11) is 1.96. The molecule has 26 heavy (non-hydrogen) atoms. The number of carbonyl (C=O) groups excluding carboxylic acids is 2. The Morgan fingerprint density at radius 2 is 2.08 bits per heavy atom. The Bertz CT molecular complexity index is 658. The van der Waals surface area contributed by atoms with Gasteiger partial charge in [-0.25, -0.2) is 4.98 Å². The molecule has 0 bridgehead atoms. The number of aromatic nitrogens is 2. The molecular weight excluding hydrogens is 354 g/mol. The third kappa shape index (κ3) is 3.47. The predicted octanol–water partition coefficient (Wildman–Crippen LogP) is 1.11. The third-order valence-electron chi connectivity index (χ3n) is 5.96. The van der Waals surface area contributed by atoms with Crippen LogP contribution < -0.4 is 5.32 Å². The summed E-state index contributed by atoms with van der Waals surface area (Å²) in [6.07, 6.45) is 8.64. The minimum absolute atomic E-state index is 0. The van der Waals surface area contributed by atoms with Crippen LogP contribution in [0.5, 0.6) is 0 Å². The number of imidazole rings is 1. The Kier molecular flexibility index (Phi) is 5.87. The molecule has 7 nitrogen and oxygen atoms in total. The first-order chi connectivity index (χ1) is 12.1. The highest BCUT2D eigenvalue weighted by atomic mass is 35.5. The average Bonchev–Trinajstić information content (AvgIpc) is 3.35. The molecule has 2 amide bonds. The predicted molar refractivity (Wildman–Crippen MR) is 99.9 cm³/mol. The lowest BCUT2D eigenvalue weighted by Crippen LogP contribution is -2.51. The molecule has 1 aromatic rings. The molecule has 1 aromatic heterocycles. The molecular formula is C18H28ClN5O2. The topological polar surface area (TPSA) is 70.5 Å². The Hall–Kier alpha value is -1.60. The molecule has 3 heterocycles. The van der Waals surface area contributed by atoms with E-state index in [2.05, 4.69) is 10.3 Å². The quantitative estimate of drug-likeness (QED) is 0.851. The number of amides is 2. The molecule has 4 rings (SSSR count). The molecule has 2 saturated heterocycles. The highest BCUT2D eigenvalue weighted by Gasteiger charge is 2.42. The van der Waals surface area contributed by atoms with Gasteiger partial charge in [0.2, 0.25) is 11.8 Å². The molecule has 1 N–H and O–H groups in total. The van der Waals surface area contributed by atoms with E-state index in [1.807, 2.05) is 27.6 Å². The molecule has 1 aliphatic carbocycles. The van der Waals surface area contributed by atoms with Gasteiger partial charge in [-0.05, 0) is 12.8 Å². The second-order valence-electron chi connectivity index (χ2n) is 7.53. The smallest absolute Gasteiger partial charge is 0.228 e. The summed E-state index contributed by atoms with van der Waals surface area (Å²) in [4.78, 5) is 34.0. The summed E-state index contributed by atoms with van der Waals surface area (Å²) in [5.41, 5.74) is 0. The summed E-state index contributed by atoms with van der Waals surface area (Å²) < 4.78 is 1.97. The van der Waals surface area contributed by atoms with E-state index < -0.39 is 0 Å². The van der Waals surface area contributed by atoms with Crippen molar-refractivity contribution in [2.45, 2.75) is 44.2 Å². The zero-order chi connectivity index (χ0) is 17.4. The second-order valence-corrected chi connectivity index (χ2v) is 7.53. The standard InChI is InChI=1S/C18H27N5O2.ClH/c1-21-8-7-20-17(21)15-11-19-6-9-22(15)18(25)13-10-16(24)23(12-13)14-4-2-3-5-14;/h7-8,13-15,19H,2-6,9-12H2,1H3;1H. The van der Waals surface area contributed by atoms with E-state index >= 15 is 0 Å². The molecule has 2 aliphatic heterocycles. The summed E-state index contributed by atoms with van der Waals surface area (Å²) >= 11 is 0. The fourth-order valence-corrected chi connectivity index (χ4v) is 4.60. The van der Waals surface area contributed by atoms with Gasteiger partial charge in [-0.1, -0.05) is 12.8 Å². The van der Waals surface area contributed by atoms with Crippen LogP contribution in [0.1, 0.15) is 44.0 Å². The van der Waals surface area contributed by atoms with Crippen LogP contribution in [0.3, 0.4) is 0 Å². The first-order valence-corrected chi connectivity index (χ1v) is 9.43. The van der Waals surface area contributed by atoms with Gasteiger partial charge in [-0.3, -0.25) is 9.59 Å². The lowest BCUT2D eigenvalue weighted by molar-refractivity contribution is -0.139. The van der Waals surface area contributed by atoms with Crippen molar-refractivity contribution in [3.63, 3.8) is 0 Å². The number of rotatable bonds is 3. The number of hydrogen-bond acceptors (Lipinski definition) is 4. The first kappa shape index (κ1) is 19.2. The monoisotopic (exact) mass is 381 g/mol. The van der Waals surface area contributed by atoms with E-state index in [9.17, 15) is 9.59 Å². The van der Waals surface area contributed by atoms with E-state index in [4.69, 9.17) is 0 Å². The van der Waals surface area contributed by atoms with Crippen molar-refractivity contribution in [3.05, 3.63) is 18.2 Å².